The molecule has 0 amide bonds. The second kappa shape index (κ2) is 4.22. The van der Waals surface area contributed by atoms with Gasteiger partial charge in [-0.25, -0.2) is 0 Å². The second-order valence-electron chi connectivity index (χ2n) is 5.56. The minimum absolute atomic E-state index is 0.945. The lowest BCUT2D eigenvalue weighted by Gasteiger charge is -2.05. The Morgan fingerprint density at radius 2 is 1.81 bits per heavy atom. The predicted molar refractivity (Wildman–Crippen MR) is 84.0 cm³/mol. The zero-order chi connectivity index (χ0) is 14.6. The normalized spacial score (nSPS) is 11.6. The Morgan fingerprint density at radius 3 is 2.57 bits per heavy atom. The van der Waals surface area contributed by atoms with Gasteiger partial charge in [0.15, 0.2) is 13.2 Å². The van der Waals surface area contributed by atoms with Gasteiger partial charge in [-0.05, 0) is 30.7 Å². The molecule has 0 N–H and O–H groups in total. The molecule has 0 aliphatic heterocycles. The van der Waals surface area contributed by atoms with Crippen LogP contribution >= 0.6 is 0 Å². The summed E-state index contributed by atoms with van der Waals surface area (Å²) in [7, 11) is 4.11. The fourth-order valence-electron chi connectivity index (χ4n) is 2.98. The van der Waals surface area contributed by atoms with E-state index in [0.29, 0.717) is 0 Å². The van der Waals surface area contributed by atoms with Gasteiger partial charge in [0.25, 0.3) is 0 Å². The van der Waals surface area contributed by atoms with Gasteiger partial charge >= 0.3 is 0 Å². The first-order chi connectivity index (χ1) is 10.1. The van der Waals surface area contributed by atoms with Crippen molar-refractivity contribution >= 4 is 21.9 Å². The van der Waals surface area contributed by atoms with Gasteiger partial charge in [-0.1, -0.05) is 18.2 Å². The van der Waals surface area contributed by atoms with Crippen molar-refractivity contribution in [2.24, 2.45) is 14.1 Å². The molecule has 0 bridgehead atoms. The summed E-state index contributed by atoms with van der Waals surface area (Å²) in [4.78, 5) is 0. The maximum atomic E-state index is 6.00. The Hall–Kier alpha value is -2.55. The lowest BCUT2D eigenvalue weighted by atomic mass is 10.0. The van der Waals surface area contributed by atoms with Crippen molar-refractivity contribution in [3.05, 3.63) is 54.2 Å². The number of para-hydroxylation sites is 1. The first-order valence-corrected chi connectivity index (χ1v) is 7.09. The molecule has 0 saturated carbocycles. The number of aryl methyl sites for hydroxylation is 2. The Bertz CT molecular complexity index is 976. The van der Waals surface area contributed by atoms with Gasteiger partial charge < -0.3 is 4.42 Å². The molecule has 2 heterocycles. The van der Waals surface area contributed by atoms with Crippen LogP contribution in [-0.4, -0.2) is 4.68 Å². The van der Waals surface area contributed by atoms with Gasteiger partial charge in [0.1, 0.15) is 16.9 Å². The molecule has 4 rings (SSSR count). The average molecular weight is 277 g/mol. The summed E-state index contributed by atoms with van der Waals surface area (Å²) in [6, 6.07) is 14.7. The van der Waals surface area contributed by atoms with E-state index < -0.39 is 0 Å². The predicted octanol–water partition coefficient (Wildman–Crippen LogP) is 3.72. The number of aromatic nitrogens is 2. The zero-order valence-corrected chi connectivity index (χ0v) is 12.4. The van der Waals surface area contributed by atoms with Crippen LogP contribution in [0.2, 0.25) is 0 Å². The van der Waals surface area contributed by atoms with Crippen LogP contribution < -0.4 is 4.68 Å². The van der Waals surface area contributed by atoms with Gasteiger partial charge in [0.05, 0.1) is 7.05 Å². The molecule has 3 nitrogen and oxygen atoms in total. The highest BCUT2D eigenvalue weighted by Gasteiger charge is 2.15. The molecular formula is C18H17N2O+. The van der Waals surface area contributed by atoms with E-state index in [1.165, 1.54) is 27.6 Å². The second-order valence-corrected chi connectivity index (χ2v) is 5.56. The van der Waals surface area contributed by atoms with E-state index in [0.717, 1.165) is 11.2 Å². The summed E-state index contributed by atoms with van der Waals surface area (Å²) < 4.78 is 10.2. The Morgan fingerprint density at radius 1 is 1.00 bits per heavy atom. The number of hydrogen-bond donors (Lipinski definition) is 0. The number of furan rings is 1. The first kappa shape index (κ1) is 12.2. The van der Waals surface area contributed by atoms with E-state index in [4.69, 9.17) is 4.42 Å². The quantitative estimate of drug-likeness (QED) is 0.486. The topological polar surface area (TPSA) is 21.9 Å². The van der Waals surface area contributed by atoms with Crippen molar-refractivity contribution in [2.75, 3.05) is 0 Å². The highest BCUT2D eigenvalue weighted by Crippen LogP contribution is 2.33. The van der Waals surface area contributed by atoms with Crippen molar-refractivity contribution in [1.29, 1.82) is 0 Å². The summed E-state index contributed by atoms with van der Waals surface area (Å²) in [5, 5.41) is 2.37. The Kier molecular flexibility index (Phi) is 2.45. The molecular weight excluding hydrogens is 260 g/mol. The van der Waals surface area contributed by atoms with Crippen molar-refractivity contribution < 1.29 is 9.10 Å². The van der Waals surface area contributed by atoms with Crippen LogP contribution in [0.25, 0.3) is 33.2 Å². The lowest BCUT2D eigenvalue weighted by molar-refractivity contribution is -0.750. The van der Waals surface area contributed by atoms with Crippen LogP contribution in [0.5, 0.6) is 0 Å². The van der Waals surface area contributed by atoms with Crippen LogP contribution in [0.3, 0.4) is 0 Å². The molecule has 0 fully saturated rings. The maximum absolute atomic E-state index is 6.00. The Balaban J connectivity index is 2.05. The number of rotatable bonds is 1. The third-order valence-electron chi connectivity index (χ3n) is 4.27. The highest BCUT2D eigenvalue weighted by molar-refractivity contribution is 6.06. The summed E-state index contributed by atoms with van der Waals surface area (Å²) in [6.07, 6.45) is 2.07. The molecule has 0 spiro atoms. The van der Waals surface area contributed by atoms with Gasteiger partial charge in [-0.2, -0.15) is 4.68 Å². The summed E-state index contributed by atoms with van der Waals surface area (Å²) in [5.74, 6) is 0. The van der Waals surface area contributed by atoms with Crippen LogP contribution in [0.4, 0.5) is 0 Å². The first-order valence-electron chi connectivity index (χ1n) is 7.09. The molecule has 4 aromatic rings. The largest absolute Gasteiger partial charge is 0.456 e. The van der Waals surface area contributed by atoms with Crippen LogP contribution in [-0.2, 0) is 14.1 Å². The number of benzene rings is 2. The molecule has 0 unspecified atom stereocenters. The molecule has 0 saturated heterocycles. The van der Waals surface area contributed by atoms with E-state index >= 15 is 0 Å². The minimum atomic E-state index is 0.945. The third kappa shape index (κ3) is 1.70. The molecule has 0 atom stereocenters. The number of hydrogen-bond acceptors (Lipinski definition) is 1. The fraction of sp³-hybridized carbons (Fsp3) is 0.167. The molecule has 2 aromatic carbocycles. The van der Waals surface area contributed by atoms with Gasteiger partial charge in [0, 0.05) is 22.4 Å². The standard InChI is InChI=1S/C18H17N2O/c1-12-10-15-13-6-4-5-7-17(13)21-18(15)11-14(12)16-8-9-19(2)20(16)3/h4-11H,1-3H3/q+1. The SMILES string of the molecule is Cc1cc2c(cc1-c1cc[n+](C)n1C)oc1ccccc12. The number of nitrogens with zero attached hydrogens (tertiary/aromatic N) is 2. The van der Waals surface area contributed by atoms with Crippen LogP contribution in [0, 0.1) is 6.92 Å². The van der Waals surface area contributed by atoms with E-state index in [2.05, 4.69) is 59.9 Å². The lowest BCUT2D eigenvalue weighted by Crippen LogP contribution is -2.36. The van der Waals surface area contributed by atoms with E-state index in [1.54, 1.807) is 0 Å². The van der Waals surface area contributed by atoms with E-state index in [9.17, 15) is 0 Å². The summed E-state index contributed by atoms with van der Waals surface area (Å²) in [5.41, 5.74) is 5.56. The molecule has 3 heteroatoms. The maximum Gasteiger partial charge on any atom is 0.196 e. The monoisotopic (exact) mass is 277 g/mol. The average Bonchev–Trinajstić information content (AvgIpc) is 3.00. The molecule has 21 heavy (non-hydrogen) atoms. The smallest absolute Gasteiger partial charge is 0.196 e. The molecule has 0 radical (unpaired) electrons. The van der Waals surface area contributed by atoms with Crippen molar-refractivity contribution in [1.82, 2.24) is 4.68 Å². The van der Waals surface area contributed by atoms with Crippen LogP contribution in [0.1, 0.15) is 5.56 Å². The third-order valence-corrected chi connectivity index (χ3v) is 4.27. The molecule has 2 aromatic heterocycles. The zero-order valence-electron chi connectivity index (χ0n) is 12.4. The number of fused-ring (bicyclic) bond motifs is 3. The fourth-order valence-corrected chi connectivity index (χ4v) is 2.98. The van der Waals surface area contributed by atoms with Gasteiger partial charge in [-0.3, -0.25) is 0 Å². The summed E-state index contributed by atoms with van der Waals surface area (Å²) >= 11 is 0. The van der Waals surface area contributed by atoms with Crippen molar-refractivity contribution in [3.63, 3.8) is 0 Å². The molecule has 104 valence electrons. The van der Waals surface area contributed by atoms with E-state index in [1.807, 2.05) is 19.2 Å². The molecule has 0 aliphatic carbocycles. The van der Waals surface area contributed by atoms with Crippen molar-refractivity contribution in [3.8, 4) is 11.3 Å². The summed E-state index contributed by atoms with van der Waals surface area (Å²) in [6.45, 7) is 2.16. The minimum Gasteiger partial charge on any atom is -0.456 e. The van der Waals surface area contributed by atoms with Gasteiger partial charge in [-0.15, -0.1) is 4.68 Å². The van der Waals surface area contributed by atoms with Gasteiger partial charge in [0.2, 0.25) is 0 Å². The van der Waals surface area contributed by atoms with Crippen molar-refractivity contribution in [2.45, 2.75) is 6.92 Å². The highest BCUT2D eigenvalue weighted by atomic mass is 16.3. The Labute approximate surface area is 123 Å². The van der Waals surface area contributed by atoms with E-state index in [-0.39, 0.29) is 0 Å². The molecule has 0 aliphatic rings. The van der Waals surface area contributed by atoms with Crippen LogP contribution in [0.15, 0.2) is 53.1 Å².